The number of aromatic nitrogens is 2. The number of likely N-dealkylation sites (tertiary alicyclic amines) is 1. The van der Waals surface area contributed by atoms with Crippen molar-refractivity contribution in [3.63, 3.8) is 0 Å². The maximum Gasteiger partial charge on any atom is 0.411 e. The summed E-state index contributed by atoms with van der Waals surface area (Å²) >= 11 is 1.26. The van der Waals surface area contributed by atoms with E-state index in [1.807, 2.05) is 13.8 Å². The van der Waals surface area contributed by atoms with E-state index in [0.717, 1.165) is 21.4 Å². The minimum atomic E-state index is -2.07. The second kappa shape index (κ2) is 30.5. The third kappa shape index (κ3) is 15.3. The Kier molecular flexibility index (Phi) is 21.7. The van der Waals surface area contributed by atoms with Gasteiger partial charge in [-0.15, -0.1) is 0 Å². The van der Waals surface area contributed by atoms with Gasteiger partial charge in [-0.1, -0.05) is 69.3 Å². The molecule has 6 aromatic rings. The number of cyclic esters (lactones) is 1. The first-order chi connectivity index (χ1) is 48.4. The van der Waals surface area contributed by atoms with Crippen LogP contribution in [-0.2, 0) is 90.8 Å². The number of amides is 10. The van der Waals surface area contributed by atoms with E-state index in [4.69, 9.17) is 19.2 Å². The van der Waals surface area contributed by atoms with Crippen molar-refractivity contribution in [1.29, 1.82) is 0 Å². The molecule has 530 valence electrons. The molecule has 0 spiro atoms. The van der Waals surface area contributed by atoms with Gasteiger partial charge in [-0.05, 0) is 128 Å². The van der Waals surface area contributed by atoms with Crippen molar-refractivity contribution in [2.75, 3.05) is 56.2 Å². The smallest absolute Gasteiger partial charge is 0.411 e. The number of pyridine rings is 2. The summed E-state index contributed by atoms with van der Waals surface area (Å²) in [6, 6.07) is 20.6. The van der Waals surface area contributed by atoms with E-state index in [1.165, 1.54) is 45.3 Å². The van der Waals surface area contributed by atoms with Crippen molar-refractivity contribution in [3.8, 4) is 11.4 Å². The van der Waals surface area contributed by atoms with Gasteiger partial charge in [-0.3, -0.25) is 43.2 Å². The summed E-state index contributed by atoms with van der Waals surface area (Å²) in [5.41, 5.74) is 4.04. The molecule has 4 aliphatic heterocycles. The average Bonchev–Trinajstić information content (AvgIpc) is 1.61. The third-order valence-corrected chi connectivity index (χ3v) is 20.2. The molecule has 28 heteroatoms. The van der Waals surface area contributed by atoms with E-state index >= 15 is 4.39 Å². The number of anilines is 2. The number of carbonyl (C=O) groups is 11. The summed E-state index contributed by atoms with van der Waals surface area (Å²) in [5, 5.41) is 16.2. The molecule has 1 unspecified atom stereocenters. The summed E-state index contributed by atoms with van der Waals surface area (Å²) in [6.07, 6.45) is 3.24. The zero-order valence-electron chi connectivity index (χ0n) is 57.1. The van der Waals surface area contributed by atoms with Gasteiger partial charge in [-0.2, -0.15) is 11.8 Å². The van der Waals surface area contributed by atoms with Crippen LogP contribution < -0.4 is 42.4 Å². The minimum absolute atomic E-state index is 0.0149. The SMILES string of the molecule is CC[C@@]1(OC(=O)N(C)C[C@@H]2CCCN2C(=O)OCc2ccc(NC(=O)CNC(=O)[C@H](Cc3ccccc3)NC(=O)CNC(=O)CNC(=O)c3cc(N4C(=O)CC(SC)C4=O)ccc3C)cc2)C(=O)OCc2c1cc1n(c2=O)Cc2c-1nc1cc(F)c(C)c3c1c2[C@@H](NC(=O)CCC(C)C)CC3. The fraction of sp³-hybridized carbons (Fsp3) is 0.411. The van der Waals surface area contributed by atoms with E-state index in [-0.39, 0.29) is 79.8 Å². The van der Waals surface area contributed by atoms with Gasteiger partial charge in [0, 0.05) is 73.2 Å². The molecule has 0 bridgehead atoms. The number of rotatable bonds is 24. The van der Waals surface area contributed by atoms with Crippen LogP contribution >= 0.6 is 11.8 Å². The number of hydrogen-bond acceptors (Lipinski definition) is 17. The van der Waals surface area contributed by atoms with E-state index in [0.29, 0.717) is 101 Å². The first-order valence-corrected chi connectivity index (χ1v) is 35.0. The Balaban J connectivity index is 0.662. The van der Waals surface area contributed by atoms with Crippen LogP contribution in [0.3, 0.4) is 0 Å². The van der Waals surface area contributed by atoms with Gasteiger partial charge in [0.2, 0.25) is 47.0 Å². The van der Waals surface area contributed by atoms with Crippen LogP contribution in [0.5, 0.6) is 0 Å². The number of carbonyl (C=O) groups excluding carboxylic acids is 11. The molecule has 2 fully saturated rings. The lowest BCUT2D eigenvalue weighted by molar-refractivity contribution is -0.173. The summed E-state index contributed by atoms with van der Waals surface area (Å²) in [5.74, 6) is -5.31. The fourth-order valence-corrected chi connectivity index (χ4v) is 14.3. The highest BCUT2D eigenvalue weighted by atomic mass is 32.2. The first-order valence-electron chi connectivity index (χ1n) is 33.7. The van der Waals surface area contributed by atoms with Crippen molar-refractivity contribution >= 4 is 99.5 Å². The van der Waals surface area contributed by atoms with E-state index in [9.17, 15) is 57.5 Å². The largest absolute Gasteiger partial charge is 0.457 e. The van der Waals surface area contributed by atoms with E-state index < -0.39 is 114 Å². The number of nitrogens with zero attached hydrogens (tertiary/aromatic N) is 5. The molecule has 6 heterocycles. The second-order valence-electron chi connectivity index (χ2n) is 26.4. The van der Waals surface area contributed by atoms with Crippen LogP contribution in [0.15, 0.2) is 89.7 Å². The second-order valence-corrected chi connectivity index (χ2v) is 27.4. The van der Waals surface area contributed by atoms with Crippen molar-refractivity contribution in [1.82, 2.24) is 45.9 Å². The van der Waals surface area contributed by atoms with Crippen LogP contribution in [0.25, 0.3) is 22.3 Å². The van der Waals surface area contributed by atoms with Gasteiger partial charge in [0.25, 0.3) is 11.5 Å². The first kappa shape index (κ1) is 71.8. The monoisotopic (exact) mass is 1400 g/mol. The summed E-state index contributed by atoms with van der Waals surface area (Å²) in [6.45, 7) is 7.38. The number of aryl methyl sites for hydroxylation is 2. The molecule has 11 rings (SSSR count). The van der Waals surface area contributed by atoms with E-state index in [1.54, 1.807) is 99.8 Å². The molecule has 10 amide bonds. The molecule has 5 atom stereocenters. The minimum Gasteiger partial charge on any atom is -0.457 e. The molecular weight excluding hydrogens is 1320 g/mol. The van der Waals surface area contributed by atoms with Crippen LogP contribution in [-0.4, -0.2) is 148 Å². The summed E-state index contributed by atoms with van der Waals surface area (Å²) in [7, 11) is 1.47. The Morgan fingerprint density at radius 3 is 2.31 bits per heavy atom. The number of fused-ring (bicyclic) bond motifs is 5. The predicted molar refractivity (Wildman–Crippen MR) is 370 cm³/mol. The highest BCUT2D eigenvalue weighted by Gasteiger charge is 2.52. The molecule has 0 radical (unpaired) electrons. The average molecular weight is 1400 g/mol. The van der Waals surface area contributed by atoms with Crippen molar-refractivity contribution in [3.05, 3.63) is 157 Å². The number of esters is 1. The number of thioether (sulfide) groups is 1. The molecule has 4 aromatic carbocycles. The molecule has 6 N–H and O–H groups in total. The number of hydrogen-bond donors (Lipinski definition) is 6. The van der Waals surface area contributed by atoms with Gasteiger partial charge in [0.05, 0.1) is 71.7 Å². The summed E-state index contributed by atoms with van der Waals surface area (Å²) in [4.78, 5) is 170. The zero-order chi connectivity index (χ0) is 72.1. The predicted octanol–water partition coefficient (Wildman–Crippen LogP) is 6.58. The number of nitrogens with one attached hydrogen (secondary N) is 6. The van der Waals surface area contributed by atoms with Crippen LogP contribution in [0, 0.1) is 25.6 Å². The molecular formula is C73H80FN11O15S. The normalized spacial score (nSPS) is 18.2. The Morgan fingerprint density at radius 2 is 1.58 bits per heavy atom. The maximum absolute atomic E-state index is 15.6. The number of benzene rings is 4. The van der Waals surface area contributed by atoms with Gasteiger partial charge >= 0.3 is 18.2 Å². The quantitative estimate of drug-likeness (QED) is 0.0211. The Labute approximate surface area is 585 Å². The molecule has 5 aliphatic rings. The van der Waals surface area contributed by atoms with Crippen LogP contribution in [0.1, 0.15) is 132 Å². The number of imide groups is 1. The highest BCUT2D eigenvalue weighted by Crippen LogP contribution is 2.47. The lowest BCUT2D eigenvalue weighted by Gasteiger charge is -2.37. The lowest BCUT2D eigenvalue weighted by atomic mass is 9.81. The standard InChI is InChI=1S/C73H80FN11O15S/c1-8-73(51-29-56-65-49(36-84(56)68(93)50(51)38-98-70(73)95)64-53(79-58(86)25-16-39(2)3)24-23-47-41(5)52(74)30-54(81-65)63(47)64)100-71(96)82(6)35-46-15-12-26-83(46)72(97)99-37-43-18-20-44(21-19-43)78-60(88)34-77-67(92)55(27-42-13-10-9-11-14-42)80-61(89)33-75-59(87)32-76-66(91)48-28-45(22-17-40(48)4)85-62(90)31-57(101-7)69(85)94/h9-11,13-14,17-22,28-30,39,46,53,55,57H,8,12,15-16,23-27,31-38H2,1-7H3,(H,75,87)(H,76,91)(H,77,92)(H,78,88)(H,79,86)(H,80,89)/t46-,53-,55-,57?,73-/m0/s1. The topological polar surface area (TPSA) is 332 Å². The van der Waals surface area contributed by atoms with Crippen molar-refractivity contribution in [2.24, 2.45) is 5.92 Å². The van der Waals surface area contributed by atoms with Gasteiger partial charge in [0.15, 0.2) is 0 Å². The molecule has 26 nitrogen and oxygen atoms in total. The van der Waals surface area contributed by atoms with Gasteiger partial charge in [0.1, 0.15) is 25.1 Å². The lowest BCUT2D eigenvalue weighted by Crippen LogP contribution is -2.52. The molecule has 0 saturated carbocycles. The molecule has 2 saturated heterocycles. The Bertz CT molecular complexity index is 4420. The highest BCUT2D eigenvalue weighted by molar-refractivity contribution is 8.00. The molecule has 1 aliphatic carbocycles. The number of ether oxygens (including phenoxy) is 3. The van der Waals surface area contributed by atoms with Crippen LogP contribution in [0.2, 0.25) is 0 Å². The molecule has 101 heavy (non-hydrogen) atoms. The number of halogens is 1. The van der Waals surface area contributed by atoms with E-state index in [2.05, 4.69) is 31.9 Å². The Morgan fingerprint density at radius 1 is 0.842 bits per heavy atom. The van der Waals surface area contributed by atoms with Gasteiger partial charge in [-0.25, -0.2) is 28.7 Å². The Hall–Kier alpha value is -10.5. The zero-order valence-corrected chi connectivity index (χ0v) is 58.0. The van der Waals surface area contributed by atoms with Gasteiger partial charge < -0.3 is 60.5 Å². The maximum atomic E-state index is 15.6. The van der Waals surface area contributed by atoms with Crippen molar-refractivity contribution < 1.29 is 71.3 Å². The summed E-state index contributed by atoms with van der Waals surface area (Å²) < 4.78 is 34.7. The molecule has 2 aromatic heterocycles. The fourth-order valence-electron chi connectivity index (χ4n) is 13.7. The third-order valence-electron chi connectivity index (χ3n) is 19.2. The van der Waals surface area contributed by atoms with Crippen molar-refractivity contribution in [2.45, 2.75) is 141 Å². The van der Waals surface area contributed by atoms with Crippen LogP contribution in [0.4, 0.5) is 25.4 Å². The number of likely N-dealkylation sites (N-methyl/N-ethyl adjacent to an activating group) is 1.